The third-order valence-electron chi connectivity index (χ3n) is 2.16. The number of nitrogens with two attached hydrogens (primary N) is 1. The van der Waals surface area contributed by atoms with Crippen molar-refractivity contribution in [1.82, 2.24) is 0 Å². The second kappa shape index (κ2) is 6.20. The standard InChI is InChI=1S/C10H8F5NO2S/c11-5-3(1-19-2-4(16)10(17)18)6(12)8(14)9(15)7(5)13/h4H,1-2,16H2,(H,17,18)/t4-/m1/s1. The lowest BCUT2D eigenvalue weighted by Crippen LogP contribution is -2.32. The zero-order valence-corrected chi connectivity index (χ0v) is 10.0. The van der Waals surface area contributed by atoms with Crippen molar-refractivity contribution < 1.29 is 31.9 Å². The van der Waals surface area contributed by atoms with Crippen LogP contribution in [0.2, 0.25) is 0 Å². The van der Waals surface area contributed by atoms with Crippen molar-refractivity contribution in [2.24, 2.45) is 5.73 Å². The monoisotopic (exact) mass is 301 g/mol. The third-order valence-corrected chi connectivity index (χ3v) is 3.25. The highest BCUT2D eigenvalue weighted by Crippen LogP contribution is 2.26. The van der Waals surface area contributed by atoms with E-state index in [0.717, 1.165) is 0 Å². The first kappa shape index (κ1) is 15.7. The summed E-state index contributed by atoms with van der Waals surface area (Å²) in [5.74, 6) is -12.3. The normalized spacial score (nSPS) is 12.5. The highest BCUT2D eigenvalue weighted by molar-refractivity contribution is 7.98. The van der Waals surface area contributed by atoms with Crippen LogP contribution < -0.4 is 5.73 Å². The lowest BCUT2D eigenvalue weighted by atomic mass is 10.2. The predicted molar refractivity (Wildman–Crippen MR) is 58.0 cm³/mol. The van der Waals surface area contributed by atoms with Crippen LogP contribution in [0.25, 0.3) is 0 Å². The van der Waals surface area contributed by atoms with Crippen molar-refractivity contribution in [2.45, 2.75) is 11.8 Å². The van der Waals surface area contributed by atoms with E-state index in [1.165, 1.54) is 0 Å². The molecular formula is C10H8F5NO2S. The van der Waals surface area contributed by atoms with Crippen LogP contribution in [0.4, 0.5) is 22.0 Å². The van der Waals surface area contributed by atoms with Crippen molar-refractivity contribution in [2.75, 3.05) is 5.75 Å². The summed E-state index contributed by atoms with van der Waals surface area (Å²) < 4.78 is 64.8. The molecule has 0 unspecified atom stereocenters. The molecule has 1 aromatic rings. The zero-order chi connectivity index (χ0) is 14.7. The van der Waals surface area contributed by atoms with Crippen LogP contribution in [0.5, 0.6) is 0 Å². The predicted octanol–water partition coefficient (Wildman–Crippen LogP) is 2.03. The first-order valence-electron chi connectivity index (χ1n) is 4.83. The second-order valence-electron chi connectivity index (χ2n) is 3.51. The molecule has 3 nitrogen and oxygen atoms in total. The fourth-order valence-corrected chi connectivity index (χ4v) is 2.11. The van der Waals surface area contributed by atoms with E-state index in [0.29, 0.717) is 11.8 Å². The molecule has 0 aliphatic rings. The number of benzene rings is 1. The van der Waals surface area contributed by atoms with Crippen molar-refractivity contribution in [3.05, 3.63) is 34.6 Å². The molecule has 0 fully saturated rings. The average molecular weight is 301 g/mol. The SMILES string of the molecule is N[C@H](CSCc1c(F)c(F)c(F)c(F)c1F)C(=O)O. The molecule has 9 heteroatoms. The summed E-state index contributed by atoms with van der Waals surface area (Å²) in [5, 5.41) is 8.46. The quantitative estimate of drug-likeness (QED) is 0.496. The highest BCUT2D eigenvalue weighted by Gasteiger charge is 2.25. The Morgan fingerprint density at radius 3 is 1.89 bits per heavy atom. The number of thioether (sulfide) groups is 1. The van der Waals surface area contributed by atoms with Crippen molar-refractivity contribution in [1.29, 1.82) is 0 Å². The van der Waals surface area contributed by atoms with E-state index in [4.69, 9.17) is 10.8 Å². The minimum absolute atomic E-state index is 0.227. The third kappa shape index (κ3) is 3.35. The van der Waals surface area contributed by atoms with Gasteiger partial charge in [0.2, 0.25) is 5.82 Å². The molecule has 0 aliphatic heterocycles. The van der Waals surface area contributed by atoms with Gasteiger partial charge in [0.25, 0.3) is 0 Å². The molecule has 0 saturated heterocycles. The van der Waals surface area contributed by atoms with Crippen LogP contribution in [0.15, 0.2) is 0 Å². The summed E-state index contributed by atoms with van der Waals surface area (Å²) in [7, 11) is 0. The molecule has 106 valence electrons. The van der Waals surface area contributed by atoms with Crippen molar-refractivity contribution >= 4 is 17.7 Å². The number of halogens is 5. The van der Waals surface area contributed by atoms with Gasteiger partial charge in [-0.2, -0.15) is 11.8 Å². The molecule has 1 atom stereocenters. The summed E-state index contributed by atoms with van der Waals surface area (Å²) in [6.07, 6.45) is 0. The van der Waals surface area contributed by atoms with Crippen molar-refractivity contribution in [3.63, 3.8) is 0 Å². The lowest BCUT2D eigenvalue weighted by Gasteiger charge is -2.09. The van der Waals surface area contributed by atoms with Crippen LogP contribution in [0.3, 0.4) is 0 Å². The Morgan fingerprint density at radius 1 is 1.05 bits per heavy atom. The fourth-order valence-electron chi connectivity index (χ4n) is 1.14. The van der Waals surface area contributed by atoms with Crippen LogP contribution in [0, 0.1) is 29.1 Å². The first-order valence-corrected chi connectivity index (χ1v) is 5.99. The number of aliphatic carboxylic acids is 1. The van der Waals surface area contributed by atoms with Gasteiger partial charge >= 0.3 is 5.97 Å². The number of carboxylic acids is 1. The van der Waals surface area contributed by atoms with Gasteiger partial charge in [-0.3, -0.25) is 4.79 Å². The Bertz CT molecular complexity index is 482. The van der Waals surface area contributed by atoms with Gasteiger partial charge in [-0.25, -0.2) is 22.0 Å². The first-order chi connectivity index (χ1) is 8.77. The number of hydrogen-bond donors (Lipinski definition) is 2. The Balaban J connectivity index is 2.88. The number of carbonyl (C=O) groups is 1. The maximum Gasteiger partial charge on any atom is 0.321 e. The van der Waals surface area contributed by atoms with E-state index >= 15 is 0 Å². The topological polar surface area (TPSA) is 63.3 Å². The Kier molecular flexibility index (Phi) is 5.12. The Morgan fingerprint density at radius 2 is 1.47 bits per heavy atom. The van der Waals surface area contributed by atoms with Crippen LogP contribution in [-0.4, -0.2) is 22.9 Å². The molecule has 3 N–H and O–H groups in total. The molecule has 19 heavy (non-hydrogen) atoms. The molecule has 0 spiro atoms. The molecular weight excluding hydrogens is 293 g/mol. The maximum absolute atomic E-state index is 13.2. The van der Waals surface area contributed by atoms with E-state index in [2.05, 4.69) is 0 Å². The molecule has 0 saturated carbocycles. The van der Waals surface area contributed by atoms with Crippen LogP contribution in [-0.2, 0) is 10.5 Å². The molecule has 0 bridgehead atoms. The van der Waals surface area contributed by atoms with Crippen molar-refractivity contribution in [3.8, 4) is 0 Å². The summed E-state index contributed by atoms with van der Waals surface area (Å²) >= 11 is 0.653. The fraction of sp³-hybridized carbons (Fsp3) is 0.300. The lowest BCUT2D eigenvalue weighted by molar-refractivity contribution is -0.137. The second-order valence-corrected chi connectivity index (χ2v) is 4.54. The smallest absolute Gasteiger partial charge is 0.321 e. The number of hydrogen-bond acceptors (Lipinski definition) is 3. The highest BCUT2D eigenvalue weighted by atomic mass is 32.2. The minimum Gasteiger partial charge on any atom is -0.480 e. The van der Waals surface area contributed by atoms with Gasteiger partial charge in [-0.1, -0.05) is 0 Å². The molecule has 1 aromatic carbocycles. The summed E-state index contributed by atoms with van der Waals surface area (Å²) in [6, 6.07) is -1.29. The Hall–Kier alpha value is -1.35. The van der Waals surface area contributed by atoms with E-state index in [1.54, 1.807) is 0 Å². The van der Waals surface area contributed by atoms with Gasteiger partial charge in [-0.05, 0) is 0 Å². The summed E-state index contributed by atoms with van der Waals surface area (Å²) in [4.78, 5) is 10.4. The Labute approximate surface area is 108 Å². The van der Waals surface area contributed by atoms with Gasteiger partial charge in [0.05, 0.1) is 0 Å². The van der Waals surface area contributed by atoms with Gasteiger partial charge < -0.3 is 10.8 Å². The maximum atomic E-state index is 13.2. The van der Waals surface area contributed by atoms with E-state index in [1.807, 2.05) is 0 Å². The van der Waals surface area contributed by atoms with Crippen LogP contribution >= 0.6 is 11.8 Å². The van der Waals surface area contributed by atoms with E-state index < -0.39 is 52.4 Å². The van der Waals surface area contributed by atoms with Crippen LogP contribution in [0.1, 0.15) is 5.56 Å². The van der Waals surface area contributed by atoms with E-state index in [9.17, 15) is 26.7 Å². The van der Waals surface area contributed by atoms with E-state index in [-0.39, 0.29) is 5.75 Å². The molecule has 0 aliphatic carbocycles. The van der Waals surface area contributed by atoms with Gasteiger partial charge in [0.1, 0.15) is 6.04 Å². The number of rotatable bonds is 5. The van der Waals surface area contributed by atoms with Gasteiger partial charge in [0, 0.05) is 17.1 Å². The van der Waals surface area contributed by atoms with Gasteiger partial charge in [0.15, 0.2) is 23.3 Å². The molecule has 1 rings (SSSR count). The molecule has 0 heterocycles. The summed E-state index contributed by atoms with van der Waals surface area (Å²) in [5.41, 5.74) is 4.12. The summed E-state index contributed by atoms with van der Waals surface area (Å²) in [6.45, 7) is 0. The van der Waals surface area contributed by atoms with Gasteiger partial charge in [-0.15, -0.1) is 0 Å². The molecule has 0 amide bonds. The zero-order valence-electron chi connectivity index (χ0n) is 9.22. The number of carboxylic acid groups (broad SMARTS) is 1. The largest absolute Gasteiger partial charge is 0.480 e. The molecule has 0 radical (unpaired) electrons. The average Bonchev–Trinajstić information content (AvgIpc) is 2.37. The minimum atomic E-state index is -2.23. The molecule has 0 aromatic heterocycles.